The monoisotopic (exact) mass is 269 g/mol. The maximum atomic E-state index is 11.9. The van der Waals surface area contributed by atoms with Crippen LogP contribution in [0.1, 0.15) is 19.4 Å². The lowest BCUT2D eigenvalue weighted by molar-refractivity contribution is -0.112. The highest BCUT2D eigenvalue weighted by atomic mass is 16.5. The van der Waals surface area contributed by atoms with E-state index in [0.717, 1.165) is 16.6 Å². The van der Waals surface area contributed by atoms with E-state index in [-0.39, 0.29) is 11.8 Å². The third-order valence-corrected chi connectivity index (χ3v) is 2.93. The van der Waals surface area contributed by atoms with Crippen LogP contribution in [0.25, 0.3) is 17.1 Å². The largest absolute Gasteiger partial charge is 0.437 e. The van der Waals surface area contributed by atoms with E-state index in [2.05, 4.69) is 15.3 Å². The maximum Gasteiger partial charge on any atom is 0.226 e. The summed E-state index contributed by atoms with van der Waals surface area (Å²) in [5.41, 5.74) is 1.67. The molecule has 0 aliphatic carbocycles. The van der Waals surface area contributed by atoms with Gasteiger partial charge in [-0.3, -0.25) is 4.79 Å². The normalized spacial score (nSPS) is 16.9. The number of aromatic amines is 1. The summed E-state index contributed by atoms with van der Waals surface area (Å²) < 4.78 is 5.53. The molecule has 2 N–H and O–H groups in total. The molecule has 0 saturated heterocycles. The van der Waals surface area contributed by atoms with Gasteiger partial charge in [0.1, 0.15) is 5.65 Å². The number of carbonyl (C=O) groups is 1. The number of rotatable bonds is 3. The van der Waals surface area contributed by atoms with Crippen LogP contribution in [0.3, 0.4) is 0 Å². The van der Waals surface area contributed by atoms with Crippen LogP contribution < -0.4 is 5.32 Å². The number of carbonyl (C=O) groups excluding carboxylic acids is 1. The first-order valence-electron chi connectivity index (χ1n) is 6.47. The first-order chi connectivity index (χ1) is 9.63. The van der Waals surface area contributed by atoms with Crippen LogP contribution in [-0.2, 0) is 9.53 Å². The predicted octanol–water partition coefficient (Wildman–Crippen LogP) is 2.34. The molecule has 5 heteroatoms. The third-order valence-electron chi connectivity index (χ3n) is 2.93. The van der Waals surface area contributed by atoms with Crippen molar-refractivity contribution in [2.75, 3.05) is 0 Å². The maximum absolute atomic E-state index is 11.9. The molecule has 2 aromatic heterocycles. The second kappa shape index (κ2) is 4.85. The van der Waals surface area contributed by atoms with Crippen LogP contribution in [0.4, 0.5) is 0 Å². The van der Waals surface area contributed by atoms with Gasteiger partial charge in [-0.05, 0) is 32.1 Å². The van der Waals surface area contributed by atoms with Gasteiger partial charge < -0.3 is 15.0 Å². The second-order valence-corrected chi connectivity index (χ2v) is 4.93. The number of allylic oxidation sites excluding steroid dienone is 1. The molecule has 0 amide bonds. The highest BCUT2D eigenvalue weighted by Crippen LogP contribution is 2.23. The fourth-order valence-corrected chi connectivity index (χ4v) is 2.08. The van der Waals surface area contributed by atoms with Crippen LogP contribution in [0.2, 0.25) is 0 Å². The minimum absolute atomic E-state index is 0.133. The molecule has 0 saturated carbocycles. The Hall–Kier alpha value is -2.56. The number of aromatic nitrogens is 2. The number of nitrogens with zero attached hydrogens (tertiary/aromatic N) is 1. The Bertz CT molecular complexity index is 726. The van der Waals surface area contributed by atoms with Crippen molar-refractivity contribution in [2.45, 2.75) is 19.9 Å². The van der Waals surface area contributed by atoms with Gasteiger partial charge in [-0.1, -0.05) is 0 Å². The summed E-state index contributed by atoms with van der Waals surface area (Å²) in [6.07, 6.45) is 6.74. The highest BCUT2D eigenvalue weighted by Gasteiger charge is 2.21. The van der Waals surface area contributed by atoms with Crippen molar-refractivity contribution >= 4 is 22.9 Å². The molecule has 2 aromatic rings. The molecule has 3 rings (SSSR count). The summed E-state index contributed by atoms with van der Waals surface area (Å²) in [7, 11) is 0. The number of ketones is 1. The van der Waals surface area contributed by atoms with Gasteiger partial charge in [0, 0.05) is 35.5 Å². The van der Waals surface area contributed by atoms with Gasteiger partial charge in [0.25, 0.3) is 0 Å². The Labute approximate surface area is 116 Å². The molecule has 0 spiro atoms. The van der Waals surface area contributed by atoms with Crippen LogP contribution in [0, 0.1) is 0 Å². The number of pyridine rings is 1. The van der Waals surface area contributed by atoms with Crippen molar-refractivity contribution in [2.24, 2.45) is 0 Å². The van der Waals surface area contributed by atoms with E-state index >= 15 is 0 Å². The van der Waals surface area contributed by atoms with E-state index in [9.17, 15) is 4.79 Å². The summed E-state index contributed by atoms with van der Waals surface area (Å²) in [5.74, 6) is 0.679. The molecule has 0 unspecified atom stereocenters. The molecule has 0 radical (unpaired) electrons. The van der Waals surface area contributed by atoms with E-state index in [1.165, 1.54) is 6.08 Å². The zero-order chi connectivity index (χ0) is 14.1. The molecule has 0 aromatic carbocycles. The lowest BCUT2D eigenvalue weighted by Gasteiger charge is -2.09. The Kier molecular flexibility index (Phi) is 3.02. The fourth-order valence-electron chi connectivity index (χ4n) is 2.08. The van der Waals surface area contributed by atoms with Gasteiger partial charge in [-0.15, -0.1) is 0 Å². The van der Waals surface area contributed by atoms with E-state index in [4.69, 9.17) is 4.74 Å². The molecule has 1 aliphatic heterocycles. The zero-order valence-corrected chi connectivity index (χ0v) is 11.3. The topological polar surface area (TPSA) is 67.0 Å². The standard InChI is InChI=1S/C15H15N3O2/c1-9(2)18-14-7-12(19)13(20-14)6-10-8-17-15-11(10)4-3-5-16-15/h3-9,18H,1-2H3,(H,16,17)/b13-6+. The molecule has 0 atom stereocenters. The van der Waals surface area contributed by atoms with Crippen molar-refractivity contribution in [3.8, 4) is 0 Å². The van der Waals surface area contributed by atoms with Crippen molar-refractivity contribution in [1.29, 1.82) is 0 Å². The zero-order valence-electron chi connectivity index (χ0n) is 11.3. The van der Waals surface area contributed by atoms with Gasteiger partial charge in [0.05, 0.1) is 0 Å². The predicted molar refractivity (Wildman–Crippen MR) is 76.5 cm³/mol. The lowest BCUT2D eigenvalue weighted by atomic mass is 10.2. The molecule has 20 heavy (non-hydrogen) atoms. The van der Waals surface area contributed by atoms with E-state index in [1.54, 1.807) is 12.3 Å². The first-order valence-corrected chi connectivity index (χ1v) is 6.47. The summed E-state index contributed by atoms with van der Waals surface area (Å²) in [6.45, 7) is 3.98. The molecular formula is C15H15N3O2. The summed E-state index contributed by atoms with van der Waals surface area (Å²) >= 11 is 0. The number of ether oxygens (including phenoxy) is 1. The minimum atomic E-state index is -0.133. The average Bonchev–Trinajstić information content (AvgIpc) is 2.95. The van der Waals surface area contributed by atoms with E-state index < -0.39 is 0 Å². The smallest absolute Gasteiger partial charge is 0.226 e. The number of nitrogens with one attached hydrogen (secondary N) is 2. The molecule has 5 nitrogen and oxygen atoms in total. The number of hydrogen-bond donors (Lipinski definition) is 2. The van der Waals surface area contributed by atoms with Crippen molar-refractivity contribution < 1.29 is 9.53 Å². The number of hydrogen-bond acceptors (Lipinski definition) is 4. The van der Waals surface area contributed by atoms with Crippen LogP contribution in [0.15, 0.2) is 42.2 Å². The molecule has 0 bridgehead atoms. The van der Waals surface area contributed by atoms with Crippen LogP contribution >= 0.6 is 0 Å². The third kappa shape index (κ3) is 2.30. The Morgan fingerprint density at radius 3 is 3.10 bits per heavy atom. The van der Waals surface area contributed by atoms with E-state index in [1.807, 2.05) is 32.2 Å². The molecule has 102 valence electrons. The first kappa shape index (κ1) is 12.5. The summed E-state index contributed by atoms with van der Waals surface area (Å²) in [6, 6.07) is 4.02. The van der Waals surface area contributed by atoms with Gasteiger partial charge >= 0.3 is 0 Å². The van der Waals surface area contributed by atoms with Gasteiger partial charge in [-0.2, -0.15) is 0 Å². The molecule has 3 heterocycles. The molecule has 0 fully saturated rings. The van der Waals surface area contributed by atoms with Crippen LogP contribution in [0.5, 0.6) is 0 Å². The molecular weight excluding hydrogens is 254 g/mol. The average molecular weight is 269 g/mol. The fraction of sp³-hybridized carbons (Fsp3) is 0.200. The lowest BCUT2D eigenvalue weighted by Crippen LogP contribution is -2.21. The quantitative estimate of drug-likeness (QED) is 0.839. The number of fused-ring (bicyclic) bond motifs is 1. The summed E-state index contributed by atoms with van der Waals surface area (Å²) in [4.78, 5) is 19.2. The minimum Gasteiger partial charge on any atom is -0.437 e. The van der Waals surface area contributed by atoms with Gasteiger partial charge in [-0.25, -0.2) is 4.98 Å². The second-order valence-electron chi connectivity index (χ2n) is 4.93. The Morgan fingerprint density at radius 2 is 2.30 bits per heavy atom. The molecule has 1 aliphatic rings. The van der Waals surface area contributed by atoms with Crippen LogP contribution in [-0.4, -0.2) is 21.8 Å². The van der Waals surface area contributed by atoms with Crippen molar-refractivity contribution in [1.82, 2.24) is 15.3 Å². The number of H-pyrrole nitrogens is 1. The Balaban J connectivity index is 1.89. The van der Waals surface area contributed by atoms with Crippen molar-refractivity contribution in [3.05, 3.63) is 47.8 Å². The highest BCUT2D eigenvalue weighted by molar-refractivity contribution is 6.08. The van der Waals surface area contributed by atoms with Gasteiger partial charge in [0.15, 0.2) is 11.6 Å². The summed E-state index contributed by atoms with van der Waals surface area (Å²) in [5, 5.41) is 4.04. The van der Waals surface area contributed by atoms with E-state index in [0.29, 0.717) is 11.6 Å². The van der Waals surface area contributed by atoms with Gasteiger partial charge in [0.2, 0.25) is 5.78 Å². The Morgan fingerprint density at radius 1 is 1.45 bits per heavy atom. The SMILES string of the molecule is CC(C)NC1=CC(=O)/C(=C\c2c[nH]c3ncccc23)O1. The van der Waals surface area contributed by atoms with Crippen molar-refractivity contribution in [3.63, 3.8) is 0 Å².